The van der Waals surface area contributed by atoms with Gasteiger partial charge in [-0.1, -0.05) is 71.1 Å². The average Bonchev–Trinajstić information content (AvgIpc) is 2.73. The van der Waals surface area contributed by atoms with Gasteiger partial charge in [-0.15, -0.1) is 0 Å². The van der Waals surface area contributed by atoms with Crippen LogP contribution in [0.5, 0.6) is 0 Å². The number of unbranched alkanes of at least 4 members (excludes halogenated alkanes) is 9. The van der Waals surface area contributed by atoms with Crippen molar-refractivity contribution in [2.24, 2.45) is 5.92 Å². The topological polar surface area (TPSA) is 20.3 Å². The van der Waals surface area contributed by atoms with Gasteiger partial charge in [-0.2, -0.15) is 0 Å². The van der Waals surface area contributed by atoms with Gasteiger partial charge >= 0.3 is 0 Å². The van der Waals surface area contributed by atoms with E-state index in [0.29, 0.717) is 11.8 Å². The van der Waals surface area contributed by atoms with Gasteiger partial charge in [0.25, 0.3) is 0 Å². The summed E-state index contributed by atoms with van der Waals surface area (Å²) in [4.78, 5) is 13.6. The highest BCUT2D eigenvalue weighted by Crippen LogP contribution is 2.22. The highest BCUT2D eigenvalue weighted by atomic mass is 16.2. The van der Waals surface area contributed by atoms with E-state index < -0.39 is 0 Å². The average molecular weight is 267 g/mol. The minimum Gasteiger partial charge on any atom is -0.345 e. The Balaban J connectivity index is 1.83. The molecule has 0 aromatic rings. The molecule has 112 valence electrons. The normalized spacial score (nSPS) is 19.4. The largest absolute Gasteiger partial charge is 0.345 e. The SMILES string of the molecule is CCCCCCCCCCCCC1CCN(C)C1=O. The maximum atomic E-state index is 11.7. The standard InChI is InChI=1S/C17H33NO/c1-3-4-5-6-7-8-9-10-11-12-13-16-14-15-18(2)17(16)19/h16H,3-15H2,1-2H3. The smallest absolute Gasteiger partial charge is 0.225 e. The van der Waals surface area contributed by atoms with Gasteiger partial charge < -0.3 is 4.90 Å². The fraction of sp³-hybridized carbons (Fsp3) is 0.941. The molecule has 0 bridgehead atoms. The second kappa shape index (κ2) is 10.3. The van der Waals surface area contributed by atoms with Crippen LogP contribution in [0.2, 0.25) is 0 Å². The summed E-state index contributed by atoms with van der Waals surface area (Å²) in [5.74, 6) is 0.731. The zero-order valence-electron chi connectivity index (χ0n) is 13.1. The van der Waals surface area contributed by atoms with Crippen molar-refractivity contribution in [2.75, 3.05) is 13.6 Å². The Kier molecular flexibility index (Phi) is 8.94. The molecular weight excluding hydrogens is 234 g/mol. The minimum absolute atomic E-state index is 0.346. The maximum absolute atomic E-state index is 11.7. The highest BCUT2D eigenvalue weighted by Gasteiger charge is 2.27. The van der Waals surface area contributed by atoms with Crippen molar-refractivity contribution in [1.29, 1.82) is 0 Å². The maximum Gasteiger partial charge on any atom is 0.225 e. The Labute approximate surface area is 119 Å². The minimum atomic E-state index is 0.346. The number of amides is 1. The zero-order valence-corrected chi connectivity index (χ0v) is 13.1. The van der Waals surface area contributed by atoms with Crippen LogP contribution in [0, 0.1) is 5.92 Å². The molecule has 1 saturated heterocycles. The third-order valence-electron chi connectivity index (χ3n) is 4.44. The van der Waals surface area contributed by atoms with Crippen LogP contribution in [0.3, 0.4) is 0 Å². The molecule has 2 heteroatoms. The third kappa shape index (κ3) is 6.98. The molecule has 0 radical (unpaired) electrons. The molecule has 19 heavy (non-hydrogen) atoms. The molecular formula is C17H33NO. The molecule has 2 nitrogen and oxygen atoms in total. The Bertz CT molecular complexity index is 239. The fourth-order valence-corrected chi connectivity index (χ4v) is 3.04. The van der Waals surface area contributed by atoms with Gasteiger partial charge in [-0.05, 0) is 12.8 Å². The summed E-state index contributed by atoms with van der Waals surface area (Å²) in [6, 6.07) is 0. The Morgan fingerprint density at radius 2 is 1.47 bits per heavy atom. The van der Waals surface area contributed by atoms with Crippen LogP contribution >= 0.6 is 0 Å². The molecule has 1 aliphatic rings. The molecule has 0 aromatic heterocycles. The molecule has 0 saturated carbocycles. The van der Waals surface area contributed by atoms with Crippen LogP contribution in [0.1, 0.15) is 84.0 Å². The fourth-order valence-electron chi connectivity index (χ4n) is 3.04. The number of likely N-dealkylation sites (tertiary alicyclic amines) is 1. The van der Waals surface area contributed by atoms with E-state index >= 15 is 0 Å². The van der Waals surface area contributed by atoms with Crippen LogP contribution in [-0.4, -0.2) is 24.4 Å². The summed E-state index contributed by atoms with van der Waals surface area (Å²) in [6.07, 6.45) is 16.0. The van der Waals surface area contributed by atoms with Crippen molar-refractivity contribution in [3.8, 4) is 0 Å². The number of carbonyl (C=O) groups excluding carboxylic acids is 1. The lowest BCUT2D eigenvalue weighted by atomic mass is 9.99. The predicted molar refractivity (Wildman–Crippen MR) is 82.2 cm³/mol. The second-order valence-corrected chi connectivity index (χ2v) is 6.22. The van der Waals surface area contributed by atoms with Crippen molar-refractivity contribution in [3.05, 3.63) is 0 Å². The summed E-state index contributed by atoms with van der Waals surface area (Å²) in [7, 11) is 1.93. The monoisotopic (exact) mass is 267 g/mol. The number of hydrogen-bond donors (Lipinski definition) is 0. The van der Waals surface area contributed by atoms with E-state index in [1.165, 1.54) is 64.2 Å². The van der Waals surface area contributed by atoms with Crippen molar-refractivity contribution >= 4 is 5.91 Å². The van der Waals surface area contributed by atoms with Gasteiger partial charge in [0.05, 0.1) is 0 Å². The van der Waals surface area contributed by atoms with E-state index in [9.17, 15) is 4.79 Å². The van der Waals surface area contributed by atoms with Crippen molar-refractivity contribution in [2.45, 2.75) is 84.0 Å². The van der Waals surface area contributed by atoms with Crippen molar-refractivity contribution in [3.63, 3.8) is 0 Å². The first kappa shape index (κ1) is 16.5. The summed E-state index contributed by atoms with van der Waals surface area (Å²) >= 11 is 0. The van der Waals surface area contributed by atoms with E-state index in [-0.39, 0.29) is 0 Å². The summed E-state index contributed by atoms with van der Waals surface area (Å²) in [5.41, 5.74) is 0. The molecule has 0 aliphatic carbocycles. The number of rotatable bonds is 11. The lowest BCUT2D eigenvalue weighted by Gasteiger charge is -2.09. The lowest BCUT2D eigenvalue weighted by molar-refractivity contribution is -0.130. The van der Waals surface area contributed by atoms with Crippen LogP contribution in [0.15, 0.2) is 0 Å². The summed E-state index contributed by atoms with van der Waals surface area (Å²) in [5, 5.41) is 0. The first-order valence-electron chi connectivity index (χ1n) is 8.50. The van der Waals surface area contributed by atoms with Gasteiger partial charge in [-0.3, -0.25) is 4.79 Å². The van der Waals surface area contributed by atoms with Crippen LogP contribution < -0.4 is 0 Å². The molecule has 1 aliphatic heterocycles. The van der Waals surface area contributed by atoms with Crippen LogP contribution in [0.4, 0.5) is 0 Å². The zero-order chi connectivity index (χ0) is 13.9. The first-order valence-corrected chi connectivity index (χ1v) is 8.50. The predicted octanol–water partition coefficient (Wildman–Crippen LogP) is 4.78. The molecule has 0 aromatic carbocycles. The van der Waals surface area contributed by atoms with Crippen LogP contribution in [0.25, 0.3) is 0 Å². The van der Waals surface area contributed by atoms with Gasteiger partial charge in [0.15, 0.2) is 0 Å². The second-order valence-electron chi connectivity index (χ2n) is 6.22. The molecule has 0 spiro atoms. The Morgan fingerprint density at radius 1 is 0.947 bits per heavy atom. The number of nitrogens with zero attached hydrogens (tertiary/aromatic N) is 1. The van der Waals surface area contributed by atoms with Gasteiger partial charge in [0.1, 0.15) is 0 Å². The van der Waals surface area contributed by atoms with E-state index in [2.05, 4.69) is 6.92 Å². The summed E-state index contributed by atoms with van der Waals surface area (Å²) in [6.45, 7) is 3.24. The van der Waals surface area contributed by atoms with E-state index in [4.69, 9.17) is 0 Å². The van der Waals surface area contributed by atoms with Crippen molar-refractivity contribution in [1.82, 2.24) is 4.90 Å². The first-order chi connectivity index (χ1) is 9.25. The van der Waals surface area contributed by atoms with Gasteiger partial charge in [0.2, 0.25) is 5.91 Å². The quantitative estimate of drug-likeness (QED) is 0.493. The molecule has 1 atom stereocenters. The molecule has 0 N–H and O–H groups in total. The van der Waals surface area contributed by atoms with E-state index in [1.54, 1.807) is 0 Å². The van der Waals surface area contributed by atoms with E-state index in [1.807, 2.05) is 11.9 Å². The van der Waals surface area contributed by atoms with Crippen molar-refractivity contribution < 1.29 is 4.79 Å². The summed E-state index contributed by atoms with van der Waals surface area (Å²) < 4.78 is 0. The number of hydrogen-bond acceptors (Lipinski definition) is 1. The number of carbonyl (C=O) groups is 1. The van der Waals surface area contributed by atoms with Gasteiger partial charge in [0, 0.05) is 19.5 Å². The molecule has 1 rings (SSSR count). The van der Waals surface area contributed by atoms with E-state index in [0.717, 1.165) is 19.4 Å². The molecule has 1 amide bonds. The molecule has 1 fully saturated rings. The Morgan fingerprint density at radius 3 is 1.95 bits per heavy atom. The molecule has 1 heterocycles. The Hall–Kier alpha value is -0.530. The molecule has 1 unspecified atom stereocenters. The third-order valence-corrected chi connectivity index (χ3v) is 4.44. The lowest BCUT2D eigenvalue weighted by Crippen LogP contribution is -2.22. The van der Waals surface area contributed by atoms with Gasteiger partial charge in [-0.25, -0.2) is 0 Å². The van der Waals surface area contributed by atoms with Crippen LogP contribution in [-0.2, 0) is 4.79 Å². The highest BCUT2D eigenvalue weighted by molar-refractivity contribution is 5.80.